The van der Waals surface area contributed by atoms with Gasteiger partial charge in [0.15, 0.2) is 5.11 Å². The number of amides is 1. The van der Waals surface area contributed by atoms with E-state index in [9.17, 15) is 9.59 Å². The zero-order valence-electron chi connectivity index (χ0n) is 17.5. The predicted octanol–water partition coefficient (Wildman–Crippen LogP) is 4.24. The Morgan fingerprint density at radius 2 is 1.73 bits per heavy atom. The Morgan fingerprint density at radius 1 is 1.07 bits per heavy atom. The van der Waals surface area contributed by atoms with E-state index in [2.05, 4.69) is 30.5 Å². The normalized spacial score (nSPS) is 17.7. The molecule has 1 aliphatic carbocycles. The van der Waals surface area contributed by atoms with E-state index in [1.807, 2.05) is 24.3 Å². The number of rotatable bonds is 5. The number of ether oxygens (including phenoxy) is 1. The minimum atomic E-state index is -0.415. The summed E-state index contributed by atoms with van der Waals surface area (Å²) in [5, 5.41) is 5.97. The van der Waals surface area contributed by atoms with E-state index >= 15 is 0 Å². The lowest BCUT2D eigenvalue weighted by molar-refractivity contribution is -0.139. The van der Waals surface area contributed by atoms with E-state index in [1.165, 1.54) is 0 Å². The van der Waals surface area contributed by atoms with Crippen LogP contribution in [0.15, 0.2) is 60.2 Å². The fourth-order valence-electron chi connectivity index (χ4n) is 3.76. The van der Waals surface area contributed by atoms with Crippen LogP contribution in [0.2, 0.25) is 0 Å². The van der Waals surface area contributed by atoms with Crippen LogP contribution in [-0.2, 0) is 16.0 Å². The molecule has 3 rings (SSSR count). The number of carbonyl (C=O) groups excluding carboxylic acids is 2. The van der Waals surface area contributed by atoms with Gasteiger partial charge in [-0.15, -0.1) is 0 Å². The molecule has 2 aromatic rings. The first-order valence-electron chi connectivity index (χ1n) is 10.1. The quantitative estimate of drug-likeness (QED) is 0.557. The maximum absolute atomic E-state index is 13.0. The molecule has 1 atom stereocenters. The molecule has 0 bridgehead atoms. The number of esters is 1. The minimum absolute atomic E-state index is 0.135. The Hall–Kier alpha value is -2.99. The van der Waals surface area contributed by atoms with Crippen LogP contribution in [0.4, 0.5) is 0 Å². The van der Waals surface area contributed by atoms with Crippen molar-refractivity contribution in [1.82, 2.24) is 10.6 Å². The van der Waals surface area contributed by atoms with Gasteiger partial charge in [-0.3, -0.25) is 10.1 Å². The van der Waals surface area contributed by atoms with Gasteiger partial charge < -0.3 is 10.1 Å². The number of benzene rings is 2. The molecule has 0 spiro atoms. The summed E-state index contributed by atoms with van der Waals surface area (Å²) in [6.45, 7) is 6.19. The molecule has 2 N–H and O–H groups in total. The second-order valence-electron chi connectivity index (χ2n) is 7.49. The van der Waals surface area contributed by atoms with Crippen LogP contribution in [0.25, 0.3) is 5.70 Å². The highest BCUT2D eigenvalue weighted by atomic mass is 32.1. The van der Waals surface area contributed by atoms with E-state index in [-0.39, 0.29) is 23.6 Å². The van der Waals surface area contributed by atoms with Crippen molar-refractivity contribution in [1.29, 1.82) is 0 Å². The summed E-state index contributed by atoms with van der Waals surface area (Å²) in [6.07, 6.45) is 1.48. The third kappa shape index (κ3) is 4.44. The molecule has 1 amide bonds. The van der Waals surface area contributed by atoms with Gasteiger partial charge in [0.05, 0.1) is 17.9 Å². The highest BCUT2D eigenvalue weighted by molar-refractivity contribution is 7.80. The molecule has 30 heavy (non-hydrogen) atoms. The Labute approximate surface area is 182 Å². The smallest absolute Gasteiger partial charge is 0.336 e. The molecule has 0 aromatic heterocycles. The van der Waals surface area contributed by atoms with Crippen molar-refractivity contribution in [3.63, 3.8) is 0 Å². The van der Waals surface area contributed by atoms with E-state index < -0.39 is 5.41 Å². The van der Waals surface area contributed by atoms with Gasteiger partial charge in [0, 0.05) is 16.5 Å². The third-order valence-corrected chi connectivity index (χ3v) is 5.69. The molecule has 2 aromatic carbocycles. The fraction of sp³-hybridized carbons (Fsp3) is 0.292. The first kappa shape index (κ1) is 21.7. The summed E-state index contributed by atoms with van der Waals surface area (Å²) in [7, 11) is 0. The monoisotopic (exact) mass is 422 g/mol. The van der Waals surface area contributed by atoms with Gasteiger partial charge >= 0.3 is 5.97 Å². The molecule has 1 aliphatic rings. The molecule has 0 radical (unpaired) electrons. The average Bonchev–Trinajstić information content (AvgIpc) is 2.74. The molecule has 0 fully saturated rings. The number of hydrogen-bond donors (Lipinski definition) is 2. The SMILES string of the molecule is CCOC(=O)C1=C(NC(=S)NC(=O)c2ccccc2)c2ccccc2C[C@@]1(C)CC. The van der Waals surface area contributed by atoms with Gasteiger partial charge in [0.25, 0.3) is 5.91 Å². The Bertz CT molecular complexity index is 1000. The highest BCUT2D eigenvalue weighted by Gasteiger charge is 2.40. The number of thiocarbonyl (C=S) groups is 1. The third-order valence-electron chi connectivity index (χ3n) is 5.48. The highest BCUT2D eigenvalue weighted by Crippen LogP contribution is 2.44. The summed E-state index contributed by atoms with van der Waals surface area (Å²) in [4.78, 5) is 25.5. The van der Waals surface area contributed by atoms with Crippen molar-refractivity contribution >= 4 is 34.9 Å². The molecular weight excluding hydrogens is 396 g/mol. The largest absolute Gasteiger partial charge is 0.463 e. The zero-order valence-corrected chi connectivity index (χ0v) is 18.3. The van der Waals surface area contributed by atoms with Crippen LogP contribution in [0.1, 0.15) is 48.7 Å². The van der Waals surface area contributed by atoms with Crippen molar-refractivity contribution in [3.8, 4) is 0 Å². The summed E-state index contributed by atoms with van der Waals surface area (Å²) in [5.41, 5.74) is 3.25. The second-order valence-corrected chi connectivity index (χ2v) is 7.90. The number of hydrogen-bond acceptors (Lipinski definition) is 4. The topological polar surface area (TPSA) is 67.4 Å². The first-order valence-corrected chi connectivity index (χ1v) is 10.5. The Balaban J connectivity index is 1.99. The minimum Gasteiger partial charge on any atom is -0.463 e. The standard InChI is InChI=1S/C24H26N2O3S/c1-4-24(3)15-17-13-9-10-14-18(17)20(19(24)22(28)29-5-2)25-23(30)26-21(27)16-11-7-6-8-12-16/h6-14H,4-5,15H2,1-3H3,(H2,25,26,27,30)/t24-/m1/s1. The van der Waals surface area contributed by atoms with Gasteiger partial charge in [0.2, 0.25) is 0 Å². The van der Waals surface area contributed by atoms with E-state index in [4.69, 9.17) is 17.0 Å². The fourth-order valence-corrected chi connectivity index (χ4v) is 3.95. The summed E-state index contributed by atoms with van der Waals surface area (Å²) >= 11 is 5.43. The molecule has 0 unspecified atom stereocenters. The predicted molar refractivity (Wildman–Crippen MR) is 122 cm³/mol. The summed E-state index contributed by atoms with van der Waals surface area (Å²) in [5.74, 6) is -0.676. The van der Waals surface area contributed by atoms with E-state index in [0.717, 1.165) is 24.0 Å². The van der Waals surface area contributed by atoms with Crippen molar-refractivity contribution in [2.45, 2.75) is 33.6 Å². The average molecular weight is 423 g/mol. The Kier molecular flexibility index (Phi) is 6.67. The molecule has 6 heteroatoms. The summed E-state index contributed by atoms with van der Waals surface area (Å²) < 4.78 is 5.39. The van der Waals surface area contributed by atoms with Crippen LogP contribution < -0.4 is 10.6 Å². The lowest BCUT2D eigenvalue weighted by atomic mass is 9.69. The van der Waals surface area contributed by atoms with Crippen molar-refractivity contribution in [3.05, 3.63) is 76.9 Å². The van der Waals surface area contributed by atoms with Gasteiger partial charge in [0.1, 0.15) is 0 Å². The van der Waals surface area contributed by atoms with Gasteiger partial charge in [-0.05, 0) is 49.7 Å². The Morgan fingerprint density at radius 3 is 2.40 bits per heavy atom. The number of carbonyl (C=O) groups is 2. The van der Waals surface area contributed by atoms with E-state index in [1.54, 1.807) is 31.2 Å². The molecule has 0 heterocycles. The van der Waals surface area contributed by atoms with Crippen LogP contribution in [-0.4, -0.2) is 23.6 Å². The van der Waals surface area contributed by atoms with Gasteiger partial charge in [-0.2, -0.15) is 0 Å². The molecule has 0 saturated carbocycles. The van der Waals surface area contributed by atoms with Gasteiger partial charge in [-0.1, -0.05) is 56.3 Å². The van der Waals surface area contributed by atoms with Crippen molar-refractivity contribution in [2.75, 3.05) is 6.61 Å². The number of fused-ring (bicyclic) bond motifs is 1. The summed E-state index contributed by atoms with van der Waals surface area (Å²) in [6, 6.07) is 16.8. The van der Waals surface area contributed by atoms with Crippen LogP contribution >= 0.6 is 12.2 Å². The van der Waals surface area contributed by atoms with Crippen LogP contribution in [0.3, 0.4) is 0 Å². The van der Waals surface area contributed by atoms with Crippen molar-refractivity contribution in [2.24, 2.45) is 5.41 Å². The maximum Gasteiger partial charge on any atom is 0.336 e. The molecular formula is C24H26N2O3S. The van der Waals surface area contributed by atoms with E-state index in [0.29, 0.717) is 16.8 Å². The molecule has 0 aliphatic heterocycles. The number of nitrogens with one attached hydrogen (secondary N) is 2. The first-order chi connectivity index (χ1) is 14.4. The molecule has 0 saturated heterocycles. The van der Waals surface area contributed by atoms with Crippen LogP contribution in [0, 0.1) is 5.41 Å². The zero-order chi connectivity index (χ0) is 21.7. The lowest BCUT2D eigenvalue weighted by Crippen LogP contribution is -2.42. The van der Waals surface area contributed by atoms with Crippen LogP contribution in [0.5, 0.6) is 0 Å². The molecule has 156 valence electrons. The second kappa shape index (κ2) is 9.22. The maximum atomic E-state index is 13.0. The van der Waals surface area contributed by atoms with Crippen molar-refractivity contribution < 1.29 is 14.3 Å². The van der Waals surface area contributed by atoms with Gasteiger partial charge in [-0.25, -0.2) is 4.79 Å². The molecule has 5 nitrogen and oxygen atoms in total. The lowest BCUT2D eigenvalue weighted by Gasteiger charge is -2.37.